The van der Waals surface area contributed by atoms with E-state index in [-0.39, 0.29) is 24.0 Å². The van der Waals surface area contributed by atoms with Crippen LogP contribution in [0.2, 0.25) is 0 Å². The topological polar surface area (TPSA) is 89.9 Å². The van der Waals surface area contributed by atoms with E-state index in [1.54, 1.807) is 0 Å². The number of amides is 1. The maximum absolute atomic E-state index is 12.6. The molecule has 0 aromatic carbocycles. The normalized spacial score (nSPS) is 44.5. The van der Waals surface area contributed by atoms with E-state index in [9.17, 15) is 9.90 Å². The van der Waals surface area contributed by atoms with Crippen LogP contribution in [0.1, 0.15) is 51.4 Å². The zero-order chi connectivity index (χ0) is 16.7. The van der Waals surface area contributed by atoms with Crippen LogP contribution < -0.4 is 5.32 Å². The molecule has 5 aliphatic rings. The molecule has 4 aliphatic carbocycles. The van der Waals surface area contributed by atoms with E-state index in [0.29, 0.717) is 11.8 Å². The number of hydrogen-bond acceptors (Lipinski definition) is 4. The van der Waals surface area contributed by atoms with Gasteiger partial charge in [0, 0.05) is 5.54 Å². The standard InChI is InChI=1S/C16H26N2O2.CH2O2/c1-18-4-2-3-13(18)14(19)17-15-6-11-5-12(7-15)9-16(20,8-11)10-15;2-1-3/h11-13,20H,2-10H2,1H3,(H,17,19);1H,(H,2,3)/t11?,12?,13-,15?,16?;/m0./s1. The Morgan fingerprint density at radius 3 is 2.35 bits per heavy atom. The van der Waals surface area contributed by atoms with Gasteiger partial charge in [-0.3, -0.25) is 14.5 Å². The van der Waals surface area contributed by atoms with Gasteiger partial charge in [0.15, 0.2) is 0 Å². The number of likely N-dealkylation sites (N-methyl/N-ethyl adjacent to an activating group) is 1. The molecule has 5 fully saturated rings. The molecule has 3 N–H and O–H groups in total. The van der Waals surface area contributed by atoms with Crippen molar-refractivity contribution in [3.05, 3.63) is 0 Å². The highest BCUT2D eigenvalue weighted by Crippen LogP contribution is 2.57. The molecule has 130 valence electrons. The fraction of sp³-hybridized carbons (Fsp3) is 0.882. The molecule has 5 rings (SSSR count). The van der Waals surface area contributed by atoms with Crippen molar-refractivity contribution < 1.29 is 19.8 Å². The van der Waals surface area contributed by atoms with Crippen molar-refractivity contribution in [2.24, 2.45) is 11.8 Å². The number of carbonyl (C=O) groups is 2. The first kappa shape index (κ1) is 16.7. The predicted octanol–water partition coefficient (Wildman–Crippen LogP) is 0.981. The average Bonchev–Trinajstić information content (AvgIpc) is 2.82. The Morgan fingerprint density at radius 1 is 1.26 bits per heavy atom. The third-order valence-corrected chi connectivity index (χ3v) is 6.24. The smallest absolute Gasteiger partial charge is 0.290 e. The van der Waals surface area contributed by atoms with Gasteiger partial charge in [0.1, 0.15) is 0 Å². The summed E-state index contributed by atoms with van der Waals surface area (Å²) in [6.07, 6.45) is 8.27. The number of carbonyl (C=O) groups excluding carboxylic acids is 1. The predicted molar refractivity (Wildman–Crippen MR) is 84.9 cm³/mol. The molecule has 4 saturated carbocycles. The Labute approximate surface area is 137 Å². The highest BCUT2D eigenvalue weighted by atomic mass is 16.3. The molecular formula is C17H28N2O4. The third-order valence-electron chi connectivity index (χ3n) is 6.24. The third kappa shape index (κ3) is 3.24. The fourth-order valence-electron chi connectivity index (χ4n) is 5.95. The highest BCUT2D eigenvalue weighted by Gasteiger charge is 2.58. The van der Waals surface area contributed by atoms with Gasteiger partial charge in [-0.2, -0.15) is 0 Å². The summed E-state index contributed by atoms with van der Waals surface area (Å²) in [5.41, 5.74) is -0.585. The van der Waals surface area contributed by atoms with Gasteiger partial charge < -0.3 is 15.5 Å². The first-order valence-corrected chi connectivity index (χ1v) is 8.71. The number of likely N-dealkylation sites (tertiary alicyclic amines) is 1. The van der Waals surface area contributed by atoms with Crippen LogP contribution in [0, 0.1) is 11.8 Å². The van der Waals surface area contributed by atoms with Crippen LogP contribution in [0.25, 0.3) is 0 Å². The minimum atomic E-state index is -0.487. The Balaban J connectivity index is 0.000000485. The Kier molecular flexibility index (Phi) is 4.40. The second-order valence-corrected chi connectivity index (χ2v) is 8.20. The SMILES string of the molecule is CN1CCC[C@H]1C(=O)NC12CC3CC(CC(O)(C3)C1)C2.O=CO. The lowest BCUT2D eigenvalue weighted by molar-refractivity contribution is -0.152. The molecule has 1 aliphatic heterocycles. The van der Waals surface area contributed by atoms with Crippen LogP contribution in [-0.2, 0) is 9.59 Å². The van der Waals surface area contributed by atoms with Crippen molar-refractivity contribution in [2.75, 3.05) is 13.6 Å². The summed E-state index contributed by atoms with van der Waals surface area (Å²) in [6.45, 7) is 0.778. The van der Waals surface area contributed by atoms with E-state index < -0.39 is 5.60 Å². The second-order valence-electron chi connectivity index (χ2n) is 8.20. The number of aliphatic hydroxyl groups is 1. The summed E-state index contributed by atoms with van der Waals surface area (Å²) in [5, 5.41) is 21.0. The first-order chi connectivity index (χ1) is 10.9. The van der Waals surface area contributed by atoms with E-state index in [4.69, 9.17) is 9.90 Å². The molecule has 1 amide bonds. The summed E-state index contributed by atoms with van der Waals surface area (Å²) in [5.74, 6) is 1.46. The quantitative estimate of drug-likeness (QED) is 0.659. The molecule has 0 aromatic heterocycles. The molecule has 6 heteroatoms. The van der Waals surface area contributed by atoms with Crippen molar-refractivity contribution in [3.63, 3.8) is 0 Å². The number of carboxylic acid groups (broad SMARTS) is 1. The van der Waals surface area contributed by atoms with Crippen LogP contribution in [-0.4, -0.2) is 58.3 Å². The molecule has 3 atom stereocenters. The second kappa shape index (κ2) is 6.06. The molecule has 23 heavy (non-hydrogen) atoms. The van der Waals surface area contributed by atoms with E-state index in [1.807, 2.05) is 7.05 Å². The van der Waals surface area contributed by atoms with Gasteiger partial charge in [0.05, 0.1) is 11.6 Å². The van der Waals surface area contributed by atoms with Gasteiger partial charge in [-0.15, -0.1) is 0 Å². The van der Waals surface area contributed by atoms with E-state index in [1.165, 1.54) is 6.42 Å². The molecule has 1 heterocycles. The molecule has 4 bridgehead atoms. The van der Waals surface area contributed by atoms with Crippen LogP contribution in [0.15, 0.2) is 0 Å². The van der Waals surface area contributed by atoms with Gasteiger partial charge >= 0.3 is 0 Å². The van der Waals surface area contributed by atoms with Crippen molar-refractivity contribution in [1.29, 1.82) is 0 Å². The molecule has 6 nitrogen and oxygen atoms in total. The number of nitrogens with zero attached hydrogens (tertiary/aromatic N) is 1. The maximum atomic E-state index is 12.6. The summed E-state index contributed by atoms with van der Waals surface area (Å²) >= 11 is 0. The van der Waals surface area contributed by atoms with Gasteiger partial charge in [-0.1, -0.05) is 0 Å². The van der Waals surface area contributed by atoms with Crippen LogP contribution in [0.4, 0.5) is 0 Å². The monoisotopic (exact) mass is 324 g/mol. The molecule has 0 radical (unpaired) electrons. The summed E-state index contributed by atoms with van der Waals surface area (Å²) in [4.78, 5) is 23.1. The Morgan fingerprint density at radius 2 is 1.87 bits per heavy atom. The highest BCUT2D eigenvalue weighted by molar-refractivity contribution is 5.82. The summed E-state index contributed by atoms with van der Waals surface area (Å²) in [7, 11) is 2.05. The van der Waals surface area contributed by atoms with Gasteiger partial charge in [0.2, 0.25) is 5.91 Å². The first-order valence-electron chi connectivity index (χ1n) is 8.71. The number of nitrogens with one attached hydrogen (secondary N) is 1. The average molecular weight is 324 g/mol. The largest absolute Gasteiger partial charge is 0.483 e. The van der Waals surface area contributed by atoms with Crippen molar-refractivity contribution in [2.45, 2.75) is 68.5 Å². The number of rotatable bonds is 2. The van der Waals surface area contributed by atoms with Crippen molar-refractivity contribution in [1.82, 2.24) is 10.2 Å². The minimum absolute atomic E-state index is 0.0534. The molecule has 0 spiro atoms. The minimum Gasteiger partial charge on any atom is -0.483 e. The van der Waals surface area contributed by atoms with Gasteiger partial charge in [0.25, 0.3) is 6.47 Å². The fourth-order valence-corrected chi connectivity index (χ4v) is 5.95. The lowest BCUT2D eigenvalue weighted by atomic mass is 9.51. The molecule has 1 saturated heterocycles. The molecule has 0 aromatic rings. The zero-order valence-electron chi connectivity index (χ0n) is 13.8. The zero-order valence-corrected chi connectivity index (χ0v) is 13.8. The summed E-state index contributed by atoms with van der Waals surface area (Å²) in [6, 6.07) is 0.0534. The van der Waals surface area contributed by atoms with Crippen LogP contribution in [0.3, 0.4) is 0 Å². The Bertz CT molecular complexity index is 467. The lowest BCUT2D eigenvalue weighted by Crippen LogP contribution is -2.66. The van der Waals surface area contributed by atoms with E-state index in [2.05, 4.69) is 10.2 Å². The van der Waals surface area contributed by atoms with Crippen LogP contribution in [0.5, 0.6) is 0 Å². The molecular weight excluding hydrogens is 296 g/mol. The number of hydrogen-bond donors (Lipinski definition) is 3. The Hall–Kier alpha value is -1.14. The van der Waals surface area contributed by atoms with Gasteiger partial charge in [-0.25, -0.2) is 0 Å². The summed E-state index contributed by atoms with van der Waals surface area (Å²) < 4.78 is 0. The van der Waals surface area contributed by atoms with Gasteiger partial charge in [-0.05, 0) is 76.8 Å². The van der Waals surface area contributed by atoms with Crippen molar-refractivity contribution in [3.8, 4) is 0 Å². The van der Waals surface area contributed by atoms with E-state index >= 15 is 0 Å². The van der Waals surface area contributed by atoms with E-state index in [0.717, 1.165) is 51.5 Å². The lowest BCUT2D eigenvalue weighted by Gasteiger charge is -2.60. The van der Waals surface area contributed by atoms with Crippen molar-refractivity contribution >= 4 is 12.4 Å². The maximum Gasteiger partial charge on any atom is 0.290 e. The molecule has 2 unspecified atom stereocenters. The van der Waals surface area contributed by atoms with Crippen LogP contribution >= 0.6 is 0 Å².